The first-order chi connectivity index (χ1) is 21.0. The number of allylic oxidation sites excluding steroid dienone is 1. The van der Waals surface area contributed by atoms with Crippen LogP contribution in [-0.4, -0.2) is 83.8 Å². The Morgan fingerprint density at radius 2 is 1.80 bits per heavy atom. The molecule has 6 rings (SSSR count). The number of ether oxygens (including phenoxy) is 4. The van der Waals surface area contributed by atoms with E-state index in [9.17, 15) is 25.2 Å². The zero-order valence-electron chi connectivity index (χ0n) is 26.6. The lowest BCUT2D eigenvalue weighted by atomic mass is 9.47. The Labute approximate surface area is 260 Å². The van der Waals surface area contributed by atoms with Gasteiger partial charge in [0.1, 0.15) is 41.7 Å². The van der Waals surface area contributed by atoms with Crippen LogP contribution in [0.5, 0.6) is 11.5 Å². The van der Waals surface area contributed by atoms with Gasteiger partial charge in [0.2, 0.25) is 0 Å². The molecule has 0 aromatic heterocycles. The molecule has 1 unspecified atom stereocenters. The summed E-state index contributed by atoms with van der Waals surface area (Å²) >= 11 is 0. The number of Topliss-reactive ketones (excluding diaryl/α,β-unsaturated/α-hetero) is 1. The Balaban J connectivity index is 1.24. The molecule has 13 atom stereocenters. The Kier molecular flexibility index (Phi) is 8.70. The monoisotopic (exact) mass is 614 g/mol. The van der Waals surface area contributed by atoms with E-state index in [-0.39, 0.29) is 34.6 Å². The number of benzene rings is 1. The van der Waals surface area contributed by atoms with Gasteiger partial charge in [-0.2, -0.15) is 0 Å². The Bertz CT molecular complexity index is 1260. The van der Waals surface area contributed by atoms with Gasteiger partial charge in [0.25, 0.3) is 0 Å². The fourth-order valence-electron chi connectivity index (χ4n) is 10.3. The van der Waals surface area contributed by atoms with Gasteiger partial charge < -0.3 is 39.4 Å². The summed E-state index contributed by atoms with van der Waals surface area (Å²) in [6, 6.07) is 5.94. The highest BCUT2D eigenvalue weighted by atomic mass is 16.7. The summed E-state index contributed by atoms with van der Waals surface area (Å²) in [7, 11) is 3.37. The summed E-state index contributed by atoms with van der Waals surface area (Å²) in [6.45, 7) is 6.06. The minimum absolute atomic E-state index is 0.0248. The molecule has 0 spiro atoms. The number of aliphatic hydroxyl groups is 4. The minimum Gasteiger partial charge on any atom is -0.497 e. The zero-order chi connectivity index (χ0) is 31.6. The van der Waals surface area contributed by atoms with Crippen LogP contribution in [0.2, 0.25) is 0 Å². The van der Waals surface area contributed by atoms with Crippen LogP contribution in [0.15, 0.2) is 29.8 Å². The number of ketones is 1. The number of aliphatic hydroxyl groups excluding tert-OH is 4. The van der Waals surface area contributed by atoms with Crippen LogP contribution in [-0.2, 0) is 14.3 Å². The largest absolute Gasteiger partial charge is 0.497 e. The van der Waals surface area contributed by atoms with E-state index in [1.807, 2.05) is 12.1 Å². The van der Waals surface area contributed by atoms with Crippen molar-refractivity contribution in [1.29, 1.82) is 0 Å². The summed E-state index contributed by atoms with van der Waals surface area (Å²) in [5.74, 6) is 3.25. The molecule has 244 valence electrons. The number of carbonyl (C=O) groups is 1. The Hall–Kier alpha value is -2.01. The predicted molar refractivity (Wildman–Crippen MR) is 162 cm³/mol. The first kappa shape index (κ1) is 32.0. The standard InChI is InChI=1S/C35H50O9/c1-18(37)29-24(23-15-20(41-4)7-9-27(23)42-5)16-26-22-8-6-19-14-21(10-12-34(19,2)25(22)11-13-35(26,29)3)43-33-32(40)31(39)30(38)28(17-36)44-33/h6-7,9,15,21-22,24-26,28-33,36,38-40H,8,10-14,16-17H2,1-5H3/t21-,22+,24?,25-,26-,28+,29-,30+,31-,32-,33+,34-,35-/m0/s1. The van der Waals surface area contributed by atoms with Crippen LogP contribution >= 0.6 is 0 Å². The van der Waals surface area contributed by atoms with Crippen molar-refractivity contribution in [2.24, 2.45) is 34.5 Å². The normalized spacial score (nSPS) is 45.0. The summed E-state index contributed by atoms with van der Waals surface area (Å²) in [5.41, 5.74) is 2.40. The van der Waals surface area contributed by atoms with Crippen molar-refractivity contribution in [2.45, 2.75) is 108 Å². The average Bonchev–Trinajstić information content (AvgIpc) is 3.34. The third-order valence-corrected chi connectivity index (χ3v) is 12.6. The van der Waals surface area contributed by atoms with E-state index in [1.54, 1.807) is 21.1 Å². The van der Waals surface area contributed by atoms with Crippen LogP contribution < -0.4 is 9.47 Å². The van der Waals surface area contributed by atoms with Gasteiger partial charge in [-0.15, -0.1) is 0 Å². The Morgan fingerprint density at radius 3 is 2.48 bits per heavy atom. The van der Waals surface area contributed by atoms with E-state index in [0.29, 0.717) is 17.8 Å². The van der Waals surface area contributed by atoms with Gasteiger partial charge in [-0.25, -0.2) is 0 Å². The van der Waals surface area contributed by atoms with Crippen molar-refractivity contribution in [2.75, 3.05) is 20.8 Å². The summed E-state index contributed by atoms with van der Waals surface area (Å²) in [5, 5.41) is 40.5. The molecule has 9 heteroatoms. The fraction of sp³-hybridized carbons (Fsp3) is 0.743. The van der Waals surface area contributed by atoms with Crippen molar-refractivity contribution in [3.8, 4) is 11.5 Å². The number of hydrogen-bond acceptors (Lipinski definition) is 9. The van der Waals surface area contributed by atoms with Crippen molar-refractivity contribution >= 4 is 5.78 Å². The number of methoxy groups -OCH3 is 2. The molecule has 44 heavy (non-hydrogen) atoms. The molecule has 9 nitrogen and oxygen atoms in total. The molecule has 0 bridgehead atoms. The number of fused-ring (bicyclic) bond motifs is 5. The number of rotatable bonds is 7. The lowest BCUT2D eigenvalue weighted by molar-refractivity contribution is -0.313. The molecular formula is C35H50O9. The lowest BCUT2D eigenvalue weighted by Gasteiger charge is -2.58. The van der Waals surface area contributed by atoms with E-state index in [0.717, 1.165) is 62.0 Å². The van der Waals surface area contributed by atoms with Gasteiger partial charge in [-0.3, -0.25) is 4.79 Å². The van der Waals surface area contributed by atoms with Crippen molar-refractivity contribution in [1.82, 2.24) is 0 Å². The molecule has 4 fully saturated rings. The van der Waals surface area contributed by atoms with Gasteiger partial charge in [-0.05, 0) is 105 Å². The predicted octanol–water partition coefficient (Wildman–Crippen LogP) is 3.75. The second-order valence-electron chi connectivity index (χ2n) is 14.5. The average molecular weight is 615 g/mol. The lowest BCUT2D eigenvalue weighted by Crippen LogP contribution is -2.60. The highest BCUT2D eigenvalue weighted by Gasteiger charge is 2.62. The molecule has 1 aromatic rings. The molecule has 5 aliphatic rings. The van der Waals surface area contributed by atoms with E-state index >= 15 is 0 Å². The van der Waals surface area contributed by atoms with Gasteiger partial charge >= 0.3 is 0 Å². The van der Waals surface area contributed by atoms with Crippen molar-refractivity contribution in [3.63, 3.8) is 0 Å². The Morgan fingerprint density at radius 1 is 1.02 bits per heavy atom. The maximum Gasteiger partial charge on any atom is 0.186 e. The molecule has 4 N–H and O–H groups in total. The molecule has 4 aliphatic carbocycles. The highest BCUT2D eigenvalue weighted by molar-refractivity contribution is 5.81. The maximum absolute atomic E-state index is 13.4. The SMILES string of the molecule is COc1ccc(OC)c(C2C[C@H]3[C@@H]4CC=C5C[C@@H](O[C@@H]6O[C@H](CO)[C@@H](O)[C@H](O)[C@@H]6O)CC[C@]5(C)[C@H]4CC[C@]3(C)[C@H]2C(C)=O)c1. The van der Waals surface area contributed by atoms with Gasteiger partial charge in [0.15, 0.2) is 6.29 Å². The van der Waals surface area contributed by atoms with E-state index in [1.165, 1.54) is 5.57 Å². The molecule has 1 aliphatic heterocycles. The third kappa shape index (κ3) is 5.03. The van der Waals surface area contributed by atoms with E-state index < -0.39 is 37.3 Å². The van der Waals surface area contributed by atoms with Crippen LogP contribution in [0.25, 0.3) is 0 Å². The van der Waals surface area contributed by atoms with Gasteiger partial charge in [0.05, 0.1) is 26.9 Å². The smallest absolute Gasteiger partial charge is 0.186 e. The third-order valence-electron chi connectivity index (χ3n) is 12.6. The van der Waals surface area contributed by atoms with E-state index in [2.05, 4.69) is 26.0 Å². The van der Waals surface area contributed by atoms with Crippen molar-refractivity contribution in [3.05, 3.63) is 35.4 Å². The van der Waals surface area contributed by atoms with Crippen LogP contribution in [0, 0.1) is 34.5 Å². The van der Waals surface area contributed by atoms with E-state index in [4.69, 9.17) is 18.9 Å². The molecule has 1 heterocycles. The summed E-state index contributed by atoms with van der Waals surface area (Å²) < 4.78 is 23.2. The summed E-state index contributed by atoms with van der Waals surface area (Å²) in [6.07, 6.45) is 2.34. The number of carbonyl (C=O) groups excluding carboxylic acids is 1. The zero-order valence-corrected chi connectivity index (χ0v) is 26.6. The van der Waals surface area contributed by atoms with Crippen LogP contribution in [0.4, 0.5) is 0 Å². The first-order valence-electron chi connectivity index (χ1n) is 16.3. The van der Waals surface area contributed by atoms with Crippen molar-refractivity contribution < 1.29 is 44.2 Å². The second kappa shape index (κ2) is 12.0. The quantitative estimate of drug-likeness (QED) is 0.339. The van der Waals surface area contributed by atoms with Gasteiger partial charge in [0, 0.05) is 11.5 Å². The molecule has 0 radical (unpaired) electrons. The second-order valence-corrected chi connectivity index (χ2v) is 14.5. The molecule has 1 aromatic carbocycles. The highest BCUT2D eigenvalue weighted by Crippen LogP contribution is 2.69. The van der Waals surface area contributed by atoms with Gasteiger partial charge in [-0.1, -0.05) is 25.5 Å². The van der Waals surface area contributed by atoms with Crippen LogP contribution in [0.1, 0.15) is 77.2 Å². The van der Waals surface area contributed by atoms with Crippen LogP contribution in [0.3, 0.4) is 0 Å². The summed E-state index contributed by atoms with van der Waals surface area (Å²) in [4.78, 5) is 13.4. The molecule has 0 amide bonds. The minimum atomic E-state index is -1.45. The molecular weight excluding hydrogens is 564 g/mol. The molecule has 3 saturated carbocycles. The molecule has 1 saturated heterocycles. The fourth-order valence-corrected chi connectivity index (χ4v) is 10.3. The topological polar surface area (TPSA) is 135 Å². The number of hydrogen-bond donors (Lipinski definition) is 4. The first-order valence-corrected chi connectivity index (χ1v) is 16.3. The maximum atomic E-state index is 13.4.